The molecule has 2 aromatic heterocycles. The van der Waals surface area contributed by atoms with Crippen LogP contribution >= 0.6 is 11.8 Å². The van der Waals surface area contributed by atoms with E-state index in [-0.39, 0.29) is 6.61 Å². The van der Waals surface area contributed by atoms with Gasteiger partial charge in [-0.2, -0.15) is 4.98 Å². The van der Waals surface area contributed by atoms with Crippen LogP contribution < -0.4 is 0 Å². The van der Waals surface area contributed by atoms with Gasteiger partial charge >= 0.3 is 0 Å². The van der Waals surface area contributed by atoms with E-state index in [2.05, 4.69) is 27.3 Å². The highest BCUT2D eigenvalue weighted by molar-refractivity contribution is 7.98. The average molecular weight is 337 g/mol. The van der Waals surface area contributed by atoms with Crippen molar-refractivity contribution in [1.82, 2.24) is 24.9 Å². The van der Waals surface area contributed by atoms with Crippen LogP contribution in [-0.4, -0.2) is 30.0 Å². The van der Waals surface area contributed by atoms with Crippen LogP contribution in [0.2, 0.25) is 0 Å². The molecule has 0 amide bonds. The van der Waals surface area contributed by atoms with Crippen molar-refractivity contribution in [2.75, 3.05) is 0 Å². The van der Waals surface area contributed by atoms with E-state index in [1.165, 1.54) is 31.0 Å². The molecule has 1 fully saturated rings. The minimum Gasteiger partial charge on any atom is -0.388 e. The standard InChI is InChI=1S/C15H23N5O2S/c1-2-8-20-13(9-21)17-18-15(20)23-10-12-16-14(22-19-12)11-6-4-3-5-7-11/h11,21H,2-10H2,1H3. The van der Waals surface area contributed by atoms with Crippen molar-refractivity contribution >= 4 is 11.8 Å². The Hall–Kier alpha value is -1.41. The zero-order chi connectivity index (χ0) is 16.1. The van der Waals surface area contributed by atoms with E-state index in [9.17, 15) is 5.11 Å². The Morgan fingerprint density at radius 1 is 1.26 bits per heavy atom. The lowest BCUT2D eigenvalue weighted by Gasteiger charge is -2.17. The maximum atomic E-state index is 9.32. The summed E-state index contributed by atoms with van der Waals surface area (Å²) in [5.74, 6) is 3.12. The van der Waals surface area contributed by atoms with Gasteiger partial charge in [0.2, 0.25) is 5.89 Å². The Kier molecular flexibility index (Phi) is 5.66. The maximum absolute atomic E-state index is 9.32. The van der Waals surface area contributed by atoms with Crippen LogP contribution in [0.15, 0.2) is 9.68 Å². The van der Waals surface area contributed by atoms with Crippen molar-refractivity contribution < 1.29 is 9.63 Å². The molecule has 2 aromatic rings. The molecule has 0 aliphatic heterocycles. The van der Waals surface area contributed by atoms with Crippen molar-refractivity contribution in [3.05, 3.63) is 17.5 Å². The molecule has 126 valence electrons. The summed E-state index contributed by atoms with van der Waals surface area (Å²) in [6, 6.07) is 0. The second kappa shape index (κ2) is 7.92. The average Bonchev–Trinajstić information content (AvgIpc) is 3.21. The van der Waals surface area contributed by atoms with E-state index >= 15 is 0 Å². The van der Waals surface area contributed by atoms with Crippen molar-refractivity contribution in [1.29, 1.82) is 0 Å². The van der Waals surface area contributed by atoms with Crippen LogP contribution in [0.3, 0.4) is 0 Å². The number of aliphatic hydroxyl groups excluding tert-OH is 1. The fourth-order valence-electron chi connectivity index (χ4n) is 2.96. The second-order valence-corrected chi connectivity index (χ2v) is 6.82. The normalized spacial score (nSPS) is 16.1. The highest BCUT2D eigenvalue weighted by Crippen LogP contribution is 2.32. The van der Waals surface area contributed by atoms with Gasteiger partial charge in [0.05, 0.1) is 5.75 Å². The molecule has 2 heterocycles. The molecule has 7 nitrogen and oxygen atoms in total. The summed E-state index contributed by atoms with van der Waals surface area (Å²) in [6.07, 6.45) is 7.08. The number of aliphatic hydroxyl groups is 1. The monoisotopic (exact) mass is 337 g/mol. The molecule has 1 aliphatic rings. The van der Waals surface area contributed by atoms with E-state index < -0.39 is 0 Å². The molecule has 0 saturated heterocycles. The van der Waals surface area contributed by atoms with Crippen molar-refractivity contribution in [3.63, 3.8) is 0 Å². The van der Waals surface area contributed by atoms with E-state index in [0.717, 1.165) is 36.9 Å². The predicted octanol–water partition coefficient (Wildman–Crippen LogP) is 2.90. The fraction of sp³-hybridized carbons (Fsp3) is 0.733. The Morgan fingerprint density at radius 2 is 2.09 bits per heavy atom. The highest BCUT2D eigenvalue weighted by Gasteiger charge is 2.22. The molecule has 1 aliphatic carbocycles. The number of aromatic nitrogens is 5. The van der Waals surface area contributed by atoms with Gasteiger partial charge in [-0.25, -0.2) is 0 Å². The molecule has 0 bridgehead atoms. The number of rotatable bonds is 7. The van der Waals surface area contributed by atoms with Crippen LogP contribution in [0.1, 0.15) is 68.9 Å². The zero-order valence-electron chi connectivity index (χ0n) is 13.4. The number of nitrogens with zero attached hydrogens (tertiary/aromatic N) is 5. The van der Waals surface area contributed by atoms with Crippen LogP contribution in [0.5, 0.6) is 0 Å². The second-order valence-electron chi connectivity index (χ2n) is 5.88. The fourth-order valence-corrected chi connectivity index (χ4v) is 3.79. The maximum Gasteiger partial charge on any atom is 0.229 e. The summed E-state index contributed by atoms with van der Waals surface area (Å²) in [7, 11) is 0. The summed E-state index contributed by atoms with van der Waals surface area (Å²) in [5.41, 5.74) is 0. The smallest absolute Gasteiger partial charge is 0.229 e. The summed E-state index contributed by atoms with van der Waals surface area (Å²) < 4.78 is 7.39. The molecule has 23 heavy (non-hydrogen) atoms. The molecule has 0 spiro atoms. The van der Waals surface area contributed by atoms with Crippen LogP contribution in [0, 0.1) is 0 Å². The van der Waals surface area contributed by atoms with Gasteiger partial charge < -0.3 is 14.2 Å². The summed E-state index contributed by atoms with van der Waals surface area (Å²) >= 11 is 1.53. The first-order valence-corrected chi connectivity index (χ1v) is 9.28. The Labute approximate surface area is 139 Å². The molecular weight excluding hydrogens is 314 g/mol. The first-order valence-electron chi connectivity index (χ1n) is 8.30. The lowest BCUT2D eigenvalue weighted by Crippen LogP contribution is -2.05. The summed E-state index contributed by atoms with van der Waals surface area (Å²) in [5, 5.41) is 22.4. The zero-order valence-corrected chi connectivity index (χ0v) is 14.3. The van der Waals surface area contributed by atoms with Crippen LogP contribution in [0.25, 0.3) is 0 Å². The largest absolute Gasteiger partial charge is 0.388 e. The third-order valence-corrected chi connectivity index (χ3v) is 5.11. The van der Waals surface area contributed by atoms with Crippen molar-refractivity contribution in [2.45, 2.75) is 75.4 Å². The Morgan fingerprint density at radius 3 is 2.83 bits per heavy atom. The molecule has 3 rings (SSSR count). The van der Waals surface area contributed by atoms with Gasteiger partial charge in [0.15, 0.2) is 16.8 Å². The van der Waals surface area contributed by atoms with Gasteiger partial charge in [-0.1, -0.05) is 43.1 Å². The number of hydrogen-bond acceptors (Lipinski definition) is 7. The lowest BCUT2D eigenvalue weighted by molar-refractivity contribution is 0.263. The molecule has 1 N–H and O–H groups in total. The topological polar surface area (TPSA) is 89.9 Å². The molecular formula is C15H23N5O2S. The SMILES string of the molecule is CCCn1c(CO)nnc1SCc1noc(C2CCCCC2)n1. The van der Waals surface area contributed by atoms with E-state index in [0.29, 0.717) is 23.3 Å². The Balaban J connectivity index is 1.62. The lowest BCUT2D eigenvalue weighted by atomic mass is 9.89. The third kappa shape index (κ3) is 3.92. The third-order valence-electron chi connectivity index (χ3n) is 4.15. The Bertz CT molecular complexity index is 621. The number of thioether (sulfide) groups is 1. The van der Waals surface area contributed by atoms with Gasteiger partial charge in [-0.15, -0.1) is 10.2 Å². The molecule has 0 radical (unpaired) electrons. The summed E-state index contributed by atoms with van der Waals surface area (Å²) in [6.45, 7) is 2.79. The molecule has 8 heteroatoms. The first-order chi connectivity index (χ1) is 11.3. The van der Waals surface area contributed by atoms with E-state index in [4.69, 9.17) is 4.52 Å². The quantitative estimate of drug-likeness (QED) is 0.777. The predicted molar refractivity (Wildman–Crippen MR) is 85.9 cm³/mol. The van der Waals surface area contributed by atoms with Crippen molar-refractivity contribution in [3.8, 4) is 0 Å². The van der Waals surface area contributed by atoms with Crippen LogP contribution in [-0.2, 0) is 18.9 Å². The number of hydrogen-bond donors (Lipinski definition) is 1. The summed E-state index contributed by atoms with van der Waals surface area (Å²) in [4.78, 5) is 4.55. The molecule has 0 unspecified atom stereocenters. The van der Waals surface area contributed by atoms with Gasteiger partial charge in [-0.3, -0.25) is 0 Å². The van der Waals surface area contributed by atoms with Gasteiger partial charge in [0.25, 0.3) is 0 Å². The first kappa shape index (κ1) is 16.4. The molecule has 0 aromatic carbocycles. The van der Waals surface area contributed by atoms with Gasteiger partial charge in [0.1, 0.15) is 6.61 Å². The molecule has 0 atom stereocenters. The minimum absolute atomic E-state index is 0.0956. The van der Waals surface area contributed by atoms with Crippen LogP contribution in [0.4, 0.5) is 0 Å². The molecule has 1 saturated carbocycles. The van der Waals surface area contributed by atoms with Gasteiger partial charge in [0, 0.05) is 12.5 Å². The highest BCUT2D eigenvalue weighted by atomic mass is 32.2. The van der Waals surface area contributed by atoms with E-state index in [1.54, 1.807) is 0 Å². The van der Waals surface area contributed by atoms with E-state index in [1.807, 2.05) is 4.57 Å². The minimum atomic E-state index is -0.0956. The van der Waals surface area contributed by atoms with Gasteiger partial charge in [-0.05, 0) is 19.3 Å². The van der Waals surface area contributed by atoms with Crippen molar-refractivity contribution in [2.24, 2.45) is 0 Å².